The van der Waals surface area contributed by atoms with Crippen LogP contribution in [-0.4, -0.2) is 23.0 Å². The van der Waals surface area contributed by atoms with Crippen LogP contribution in [0.1, 0.15) is 11.5 Å². The second-order valence-electron chi connectivity index (χ2n) is 4.22. The Bertz CT molecular complexity index is 878. The van der Waals surface area contributed by atoms with Crippen LogP contribution in [0.5, 0.6) is 0 Å². The molecule has 0 atom stereocenters. The molecule has 0 unspecified atom stereocenters. The van der Waals surface area contributed by atoms with Gasteiger partial charge in [-0.2, -0.15) is 4.98 Å². The lowest BCUT2D eigenvalue weighted by Crippen LogP contribution is -2.26. The predicted octanol–water partition coefficient (Wildman–Crippen LogP) is 0.456. The van der Waals surface area contributed by atoms with Crippen LogP contribution in [0.3, 0.4) is 0 Å². The van der Waals surface area contributed by atoms with Gasteiger partial charge in [-0.25, -0.2) is 19.0 Å². The summed E-state index contributed by atoms with van der Waals surface area (Å²) < 4.78 is 33.7. The fourth-order valence-corrected chi connectivity index (χ4v) is 3.87. The summed E-state index contributed by atoms with van der Waals surface area (Å²) in [4.78, 5) is 4.64. The number of aryl methyl sites for hydroxylation is 1. The molecule has 3 rings (SSSR count). The van der Waals surface area contributed by atoms with Gasteiger partial charge in [0.25, 0.3) is 10.0 Å². The first-order valence-electron chi connectivity index (χ1n) is 5.85. The number of hydrazine groups is 1. The Balaban J connectivity index is 1.94. The number of thiazole rings is 1. The number of nitrogens with two attached hydrogens (primary N) is 1. The average molecular weight is 328 g/mol. The minimum absolute atomic E-state index is 0.0149. The van der Waals surface area contributed by atoms with E-state index in [9.17, 15) is 8.42 Å². The van der Waals surface area contributed by atoms with Gasteiger partial charge in [-0.15, -0.1) is 11.3 Å². The number of hydrogen-bond acceptors (Lipinski definition) is 8. The highest BCUT2D eigenvalue weighted by Crippen LogP contribution is 2.24. The van der Waals surface area contributed by atoms with E-state index in [-0.39, 0.29) is 17.4 Å². The first-order chi connectivity index (χ1) is 10.0. The monoisotopic (exact) mass is 328 g/mol. The molecule has 0 aliphatic rings. The van der Waals surface area contributed by atoms with Gasteiger partial charge in [-0.1, -0.05) is 5.16 Å². The molecule has 0 fully saturated rings. The van der Waals surface area contributed by atoms with E-state index in [1.165, 1.54) is 15.7 Å². The van der Waals surface area contributed by atoms with E-state index in [0.29, 0.717) is 16.4 Å². The highest BCUT2D eigenvalue weighted by molar-refractivity contribution is 7.89. The third kappa shape index (κ3) is 2.51. The van der Waals surface area contributed by atoms with Crippen LogP contribution in [0.4, 0.5) is 5.82 Å². The SMILES string of the molecule is Cc1cc(CNS(=O)(=O)c2c(NN)nc3sccn23)no1. The first kappa shape index (κ1) is 14.0. The molecular weight excluding hydrogens is 316 g/mol. The van der Waals surface area contributed by atoms with E-state index in [2.05, 4.69) is 20.3 Å². The van der Waals surface area contributed by atoms with E-state index in [1.54, 1.807) is 24.6 Å². The molecule has 3 aromatic heterocycles. The Hall–Kier alpha value is -1.95. The molecule has 4 N–H and O–H groups in total. The van der Waals surface area contributed by atoms with Crippen molar-refractivity contribution in [3.8, 4) is 0 Å². The van der Waals surface area contributed by atoms with E-state index in [0.717, 1.165) is 0 Å². The number of anilines is 1. The van der Waals surface area contributed by atoms with Gasteiger partial charge in [0.15, 0.2) is 10.8 Å². The number of hydrogen-bond donors (Lipinski definition) is 3. The topological polar surface area (TPSA) is 128 Å². The van der Waals surface area contributed by atoms with Crippen molar-refractivity contribution in [2.75, 3.05) is 5.43 Å². The zero-order valence-corrected chi connectivity index (χ0v) is 12.5. The number of aromatic nitrogens is 3. The number of sulfonamides is 1. The number of rotatable bonds is 5. The highest BCUT2D eigenvalue weighted by Gasteiger charge is 2.25. The molecule has 3 aromatic rings. The summed E-state index contributed by atoms with van der Waals surface area (Å²) in [5, 5.41) is 5.43. The molecular formula is C10H12N6O3S2. The molecule has 0 bridgehead atoms. The van der Waals surface area contributed by atoms with Crippen molar-refractivity contribution in [1.29, 1.82) is 0 Å². The van der Waals surface area contributed by atoms with Gasteiger partial charge < -0.3 is 9.95 Å². The van der Waals surface area contributed by atoms with E-state index >= 15 is 0 Å². The summed E-state index contributed by atoms with van der Waals surface area (Å²) >= 11 is 1.31. The minimum atomic E-state index is -3.81. The fraction of sp³-hybridized carbons (Fsp3) is 0.200. The zero-order valence-electron chi connectivity index (χ0n) is 10.9. The van der Waals surface area contributed by atoms with Gasteiger partial charge in [-0.05, 0) is 6.92 Å². The van der Waals surface area contributed by atoms with Crippen molar-refractivity contribution in [2.45, 2.75) is 18.5 Å². The van der Waals surface area contributed by atoms with Gasteiger partial charge in [0.1, 0.15) is 5.76 Å². The van der Waals surface area contributed by atoms with Crippen molar-refractivity contribution in [2.24, 2.45) is 5.84 Å². The smallest absolute Gasteiger partial charge is 0.260 e. The first-order valence-corrected chi connectivity index (χ1v) is 8.21. The van der Waals surface area contributed by atoms with Crippen LogP contribution in [0.15, 0.2) is 27.2 Å². The summed E-state index contributed by atoms with van der Waals surface area (Å²) in [5.74, 6) is 6.04. The molecule has 0 aliphatic carbocycles. The van der Waals surface area contributed by atoms with Crippen LogP contribution in [-0.2, 0) is 16.6 Å². The van der Waals surface area contributed by atoms with Gasteiger partial charge >= 0.3 is 0 Å². The molecule has 0 radical (unpaired) electrons. The van der Waals surface area contributed by atoms with Crippen LogP contribution in [0.25, 0.3) is 4.96 Å². The second-order valence-corrected chi connectivity index (χ2v) is 6.77. The number of nitrogens with zero attached hydrogens (tertiary/aromatic N) is 3. The van der Waals surface area contributed by atoms with E-state index in [1.807, 2.05) is 0 Å². The lowest BCUT2D eigenvalue weighted by Gasteiger charge is -2.06. The Morgan fingerprint density at radius 1 is 1.52 bits per heavy atom. The Morgan fingerprint density at radius 2 is 2.33 bits per heavy atom. The molecule has 112 valence electrons. The number of imidazole rings is 1. The molecule has 3 heterocycles. The maximum atomic E-state index is 12.4. The Morgan fingerprint density at radius 3 is 3.00 bits per heavy atom. The predicted molar refractivity (Wildman–Crippen MR) is 76.1 cm³/mol. The molecule has 0 amide bonds. The number of nitrogens with one attached hydrogen (secondary N) is 2. The molecule has 21 heavy (non-hydrogen) atoms. The van der Waals surface area contributed by atoms with Gasteiger partial charge in [0.2, 0.25) is 5.03 Å². The van der Waals surface area contributed by atoms with E-state index < -0.39 is 10.0 Å². The third-order valence-corrected chi connectivity index (χ3v) is 4.91. The summed E-state index contributed by atoms with van der Waals surface area (Å²) in [6, 6.07) is 1.65. The summed E-state index contributed by atoms with van der Waals surface area (Å²) in [7, 11) is -3.81. The van der Waals surface area contributed by atoms with Crippen molar-refractivity contribution in [3.05, 3.63) is 29.1 Å². The number of fused-ring (bicyclic) bond motifs is 1. The minimum Gasteiger partial charge on any atom is -0.361 e. The maximum absolute atomic E-state index is 12.4. The maximum Gasteiger partial charge on any atom is 0.260 e. The molecule has 0 spiro atoms. The van der Waals surface area contributed by atoms with Crippen LogP contribution in [0, 0.1) is 6.92 Å². The molecule has 0 saturated heterocycles. The molecule has 0 aliphatic heterocycles. The van der Waals surface area contributed by atoms with Crippen molar-refractivity contribution in [3.63, 3.8) is 0 Å². The fourth-order valence-electron chi connectivity index (χ4n) is 1.85. The average Bonchev–Trinajstić information content (AvgIpc) is 3.10. The highest BCUT2D eigenvalue weighted by atomic mass is 32.2. The molecule has 11 heteroatoms. The quantitative estimate of drug-likeness (QED) is 0.458. The van der Waals surface area contributed by atoms with E-state index in [4.69, 9.17) is 10.4 Å². The largest absolute Gasteiger partial charge is 0.361 e. The summed E-state index contributed by atoms with van der Waals surface area (Å²) in [5.41, 5.74) is 2.79. The standard InChI is InChI=1S/C10H12N6O3S2/c1-6-4-7(15-19-6)5-12-21(17,18)9-8(14-11)13-10-16(9)2-3-20-10/h2-4,12,14H,5,11H2,1H3. The Labute approximate surface area is 123 Å². The van der Waals surface area contributed by atoms with Crippen molar-refractivity contribution in [1.82, 2.24) is 19.3 Å². The normalized spacial score (nSPS) is 12.1. The van der Waals surface area contributed by atoms with Gasteiger partial charge in [0, 0.05) is 17.6 Å². The van der Waals surface area contributed by atoms with Gasteiger partial charge in [-0.3, -0.25) is 4.40 Å². The van der Waals surface area contributed by atoms with Crippen LogP contribution >= 0.6 is 11.3 Å². The lowest BCUT2D eigenvalue weighted by atomic mass is 10.4. The summed E-state index contributed by atoms with van der Waals surface area (Å²) in [6.45, 7) is 1.74. The molecule has 0 saturated carbocycles. The second kappa shape index (κ2) is 5.11. The molecule has 9 nitrogen and oxygen atoms in total. The third-order valence-electron chi connectivity index (χ3n) is 2.73. The zero-order chi connectivity index (χ0) is 15.0. The van der Waals surface area contributed by atoms with Crippen LogP contribution < -0.4 is 16.0 Å². The van der Waals surface area contributed by atoms with Crippen LogP contribution in [0.2, 0.25) is 0 Å². The Kier molecular flexibility index (Phi) is 3.41. The lowest BCUT2D eigenvalue weighted by molar-refractivity contribution is 0.390. The summed E-state index contributed by atoms with van der Waals surface area (Å²) in [6.07, 6.45) is 1.61. The number of nitrogen functional groups attached to an aromatic ring is 1. The van der Waals surface area contributed by atoms with Crippen molar-refractivity contribution >= 4 is 32.1 Å². The molecule has 0 aromatic carbocycles. The van der Waals surface area contributed by atoms with Gasteiger partial charge in [0.05, 0.1) is 12.2 Å². The van der Waals surface area contributed by atoms with Crippen molar-refractivity contribution < 1.29 is 12.9 Å².